The molecule has 0 saturated heterocycles. The van der Waals surface area contributed by atoms with Crippen LogP contribution in [0.25, 0.3) is 0 Å². The van der Waals surface area contributed by atoms with Gasteiger partial charge in [-0.25, -0.2) is 8.78 Å². The van der Waals surface area contributed by atoms with Crippen LogP contribution >= 0.6 is 11.3 Å². The zero-order valence-electron chi connectivity index (χ0n) is 10.3. The Hall–Kier alpha value is -1.60. The first kappa shape index (κ1) is 13.8. The third-order valence-electron chi connectivity index (χ3n) is 2.24. The molecule has 2 rings (SSSR count). The number of nitrogens with zero attached hydrogens (tertiary/aromatic N) is 2. The van der Waals surface area contributed by atoms with E-state index in [2.05, 4.69) is 22.4 Å². The van der Waals surface area contributed by atoms with E-state index in [-0.39, 0.29) is 10.9 Å². The summed E-state index contributed by atoms with van der Waals surface area (Å²) in [6.45, 7) is 3.56. The van der Waals surface area contributed by atoms with E-state index in [1.165, 1.54) is 17.4 Å². The molecular weight excluding hydrogens is 272 g/mol. The molecule has 0 aliphatic carbocycles. The number of ether oxygens (including phenoxy) is 1. The van der Waals surface area contributed by atoms with Gasteiger partial charge >= 0.3 is 0 Å². The number of halogens is 2. The number of nitrogens with one attached hydrogen (secondary N) is 1. The molecule has 2 aromatic rings. The Bertz CT molecular complexity index is 548. The van der Waals surface area contributed by atoms with Gasteiger partial charge in [-0.2, -0.15) is 0 Å². The van der Waals surface area contributed by atoms with Crippen LogP contribution in [0.15, 0.2) is 18.2 Å². The first-order chi connectivity index (χ1) is 9.19. The second-order valence-electron chi connectivity index (χ2n) is 3.82. The van der Waals surface area contributed by atoms with Crippen molar-refractivity contribution in [2.24, 2.45) is 0 Å². The van der Waals surface area contributed by atoms with Crippen LogP contribution in [0.2, 0.25) is 0 Å². The zero-order chi connectivity index (χ0) is 13.7. The number of hydrogen-bond donors (Lipinski definition) is 1. The van der Waals surface area contributed by atoms with E-state index in [9.17, 15) is 8.78 Å². The lowest BCUT2D eigenvalue weighted by atomic mass is 10.3. The number of rotatable bonds is 6. The molecule has 19 heavy (non-hydrogen) atoms. The van der Waals surface area contributed by atoms with E-state index in [4.69, 9.17) is 4.74 Å². The summed E-state index contributed by atoms with van der Waals surface area (Å²) in [5.74, 6) is -1.47. The Morgan fingerprint density at radius 1 is 1.32 bits per heavy atom. The first-order valence-corrected chi connectivity index (χ1v) is 6.66. The maximum absolute atomic E-state index is 13.4. The Balaban J connectivity index is 1.99. The summed E-state index contributed by atoms with van der Waals surface area (Å²) in [5.41, 5.74) is 0. The summed E-state index contributed by atoms with van der Waals surface area (Å²) in [6.07, 6.45) is 1.03. The molecule has 0 spiro atoms. The lowest BCUT2D eigenvalue weighted by Gasteiger charge is -2.01. The maximum atomic E-state index is 13.4. The highest BCUT2D eigenvalue weighted by atomic mass is 32.1. The van der Waals surface area contributed by atoms with Crippen molar-refractivity contribution in [1.82, 2.24) is 15.5 Å². The van der Waals surface area contributed by atoms with Gasteiger partial charge in [0.15, 0.2) is 11.6 Å². The fourth-order valence-electron chi connectivity index (χ4n) is 1.38. The van der Waals surface area contributed by atoms with Crippen LogP contribution < -0.4 is 10.1 Å². The molecule has 0 atom stereocenters. The van der Waals surface area contributed by atoms with Crippen LogP contribution in [0.4, 0.5) is 8.78 Å². The van der Waals surface area contributed by atoms with Crippen LogP contribution in [0, 0.1) is 11.6 Å². The predicted molar refractivity (Wildman–Crippen MR) is 68.3 cm³/mol. The molecule has 0 bridgehead atoms. The largest absolute Gasteiger partial charge is 0.427 e. The fourth-order valence-corrected chi connectivity index (χ4v) is 2.05. The Morgan fingerprint density at radius 3 is 2.89 bits per heavy atom. The predicted octanol–water partition coefficient (Wildman–Crippen LogP) is 3.11. The molecule has 0 aliphatic heterocycles. The molecule has 4 nitrogen and oxygen atoms in total. The van der Waals surface area contributed by atoms with Crippen LogP contribution in [-0.2, 0) is 6.54 Å². The number of benzene rings is 1. The second kappa shape index (κ2) is 6.53. The highest BCUT2D eigenvalue weighted by molar-refractivity contribution is 7.13. The SMILES string of the molecule is CCCNCc1nnc(Oc2ccc(F)cc2F)s1. The van der Waals surface area contributed by atoms with Gasteiger partial charge in [0.25, 0.3) is 5.19 Å². The maximum Gasteiger partial charge on any atom is 0.299 e. The van der Waals surface area contributed by atoms with E-state index in [0.717, 1.165) is 30.1 Å². The topological polar surface area (TPSA) is 47.0 Å². The molecule has 102 valence electrons. The Labute approximate surface area is 113 Å². The van der Waals surface area contributed by atoms with Crippen LogP contribution in [0.5, 0.6) is 10.9 Å². The summed E-state index contributed by atoms with van der Waals surface area (Å²) in [7, 11) is 0. The summed E-state index contributed by atoms with van der Waals surface area (Å²) in [4.78, 5) is 0. The average molecular weight is 285 g/mol. The average Bonchev–Trinajstić information content (AvgIpc) is 2.81. The molecule has 0 amide bonds. The van der Waals surface area contributed by atoms with Crippen molar-refractivity contribution in [2.75, 3.05) is 6.54 Å². The molecule has 0 unspecified atom stereocenters. The Morgan fingerprint density at radius 2 is 2.16 bits per heavy atom. The van der Waals surface area contributed by atoms with Gasteiger partial charge in [0, 0.05) is 12.6 Å². The number of hydrogen-bond acceptors (Lipinski definition) is 5. The Kier molecular flexibility index (Phi) is 4.75. The van der Waals surface area contributed by atoms with Gasteiger partial charge in [-0.05, 0) is 25.1 Å². The summed E-state index contributed by atoms with van der Waals surface area (Å²) in [6, 6.07) is 3.12. The third-order valence-corrected chi connectivity index (χ3v) is 3.04. The van der Waals surface area contributed by atoms with Gasteiger partial charge in [0.05, 0.1) is 0 Å². The lowest BCUT2D eigenvalue weighted by molar-refractivity contribution is 0.431. The fraction of sp³-hybridized carbons (Fsp3) is 0.333. The van der Waals surface area contributed by atoms with Crippen molar-refractivity contribution < 1.29 is 13.5 Å². The first-order valence-electron chi connectivity index (χ1n) is 5.85. The van der Waals surface area contributed by atoms with Crippen LogP contribution in [0.1, 0.15) is 18.4 Å². The van der Waals surface area contributed by atoms with E-state index < -0.39 is 11.6 Å². The molecule has 1 heterocycles. The van der Waals surface area contributed by atoms with E-state index in [1.807, 2.05) is 0 Å². The van der Waals surface area contributed by atoms with E-state index >= 15 is 0 Å². The molecular formula is C12H13F2N3OS. The molecule has 7 heteroatoms. The highest BCUT2D eigenvalue weighted by Crippen LogP contribution is 2.27. The van der Waals surface area contributed by atoms with Gasteiger partial charge in [0.2, 0.25) is 0 Å². The second-order valence-corrected chi connectivity index (χ2v) is 4.84. The molecule has 0 fully saturated rings. The molecule has 0 aliphatic rings. The molecule has 0 saturated carbocycles. The van der Waals surface area contributed by atoms with Crippen molar-refractivity contribution in [2.45, 2.75) is 19.9 Å². The minimum atomic E-state index is -0.763. The van der Waals surface area contributed by atoms with Crippen molar-refractivity contribution in [3.8, 4) is 10.9 Å². The van der Waals surface area contributed by atoms with Crippen LogP contribution in [0.3, 0.4) is 0 Å². The third kappa shape index (κ3) is 3.93. The van der Waals surface area contributed by atoms with Gasteiger partial charge in [0.1, 0.15) is 10.8 Å². The van der Waals surface area contributed by atoms with Gasteiger partial charge in [-0.15, -0.1) is 5.10 Å². The normalized spacial score (nSPS) is 10.7. The smallest absolute Gasteiger partial charge is 0.299 e. The van der Waals surface area contributed by atoms with E-state index in [0.29, 0.717) is 6.54 Å². The lowest BCUT2D eigenvalue weighted by Crippen LogP contribution is -2.13. The molecule has 1 aromatic carbocycles. The minimum Gasteiger partial charge on any atom is -0.427 e. The molecule has 1 aromatic heterocycles. The van der Waals surface area contributed by atoms with Crippen molar-refractivity contribution in [1.29, 1.82) is 0 Å². The summed E-state index contributed by atoms with van der Waals surface area (Å²) < 4.78 is 31.3. The minimum absolute atomic E-state index is 0.0642. The van der Waals surface area contributed by atoms with Crippen LogP contribution in [-0.4, -0.2) is 16.7 Å². The van der Waals surface area contributed by atoms with Crippen molar-refractivity contribution >= 4 is 11.3 Å². The van der Waals surface area contributed by atoms with Gasteiger partial charge in [-0.3, -0.25) is 0 Å². The zero-order valence-corrected chi connectivity index (χ0v) is 11.1. The standard InChI is InChI=1S/C12H13F2N3OS/c1-2-5-15-7-11-16-17-12(19-11)18-10-4-3-8(13)6-9(10)14/h3-4,6,15H,2,5,7H2,1H3. The summed E-state index contributed by atoms with van der Waals surface area (Å²) in [5, 5.41) is 11.9. The number of aromatic nitrogens is 2. The summed E-state index contributed by atoms with van der Waals surface area (Å²) >= 11 is 1.22. The monoisotopic (exact) mass is 285 g/mol. The van der Waals surface area contributed by atoms with Gasteiger partial charge < -0.3 is 10.1 Å². The highest BCUT2D eigenvalue weighted by Gasteiger charge is 2.10. The quantitative estimate of drug-likeness (QED) is 0.828. The van der Waals surface area contributed by atoms with E-state index in [1.54, 1.807) is 0 Å². The van der Waals surface area contributed by atoms with Gasteiger partial charge in [-0.1, -0.05) is 23.4 Å². The van der Waals surface area contributed by atoms with Crippen molar-refractivity contribution in [3.63, 3.8) is 0 Å². The molecule has 1 N–H and O–H groups in total. The molecule has 0 radical (unpaired) electrons. The van der Waals surface area contributed by atoms with Crippen molar-refractivity contribution in [3.05, 3.63) is 34.8 Å².